The molecule has 0 unspecified atom stereocenters. The molecule has 1 heterocycles. The lowest BCUT2D eigenvalue weighted by Gasteiger charge is -2.13. The van der Waals surface area contributed by atoms with Crippen molar-refractivity contribution in [2.24, 2.45) is 0 Å². The zero-order valence-electron chi connectivity index (χ0n) is 13.8. The molecule has 0 aliphatic rings. The number of anilines is 2. The van der Waals surface area contributed by atoms with Crippen LogP contribution < -0.4 is 21.5 Å². The number of ether oxygens (including phenoxy) is 1. The van der Waals surface area contributed by atoms with Crippen LogP contribution in [0.15, 0.2) is 65.6 Å². The van der Waals surface area contributed by atoms with E-state index < -0.39 is 0 Å². The molecule has 0 amide bonds. The highest BCUT2D eigenvalue weighted by Crippen LogP contribution is 2.32. The first-order chi connectivity index (χ1) is 12.1. The van der Waals surface area contributed by atoms with Gasteiger partial charge in [-0.2, -0.15) is 0 Å². The molecule has 1 aromatic heterocycles. The molecule has 4 N–H and O–H groups in total. The van der Waals surface area contributed by atoms with Gasteiger partial charge in [-0.15, -0.1) is 0 Å². The van der Waals surface area contributed by atoms with E-state index in [1.807, 2.05) is 36.4 Å². The molecule has 128 valence electrons. The molecule has 0 bridgehead atoms. The molecule has 25 heavy (non-hydrogen) atoms. The maximum absolute atomic E-state index is 12.0. The second-order valence-electron chi connectivity index (χ2n) is 5.66. The van der Waals surface area contributed by atoms with Crippen LogP contribution in [0.2, 0.25) is 0 Å². The summed E-state index contributed by atoms with van der Waals surface area (Å²) in [5.74, 6) is 0.707. The van der Waals surface area contributed by atoms with Crippen molar-refractivity contribution in [2.45, 2.75) is 6.54 Å². The van der Waals surface area contributed by atoms with Crippen molar-refractivity contribution in [1.82, 2.24) is 4.57 Å². The molecule has 0 saturated heterocycles. The monoisotopic (exact) mass is 337 g/mol. The second kappa shape index (κ2) is 7.11. The summed E-state index contributed by atoms with van der Waals surface area (Å²) < 4.78 is 7.01. The van der Waals surface area contributed by atoms with E-state index in [1.54, 1.807) is 30.0 Å². The highest BCUT2D eigenvalue weighted by atomic mass is 16.5. The van der Waals surface area contributed by atoms with Crippen LogP contribution in [0, 0.1) is 0 Å². The Kier molecular flexibility index (Phi) is 4.72. The average molecular weight is 337 g/mol. The Morgan fingerprint density at radius 2 is 2.00 bits per heavy atom. The minimum absolute atomic E-state index is 0.113. The SMILES string of the molecule is COc1ccc(Cn2cc(N)ccc2=O)cc1-c1cccc(NO)c1. The van der Waals surface area contributed by atoms with Crippen LogP contribution in [0.5, 0.6) is 5.75 Å². The molecule has 6 heteroatoms. The molecule has 2 aromatic carbocycles. The van der Waals surface area contributed by atoms with E-state index in [0.717, 1.165) is 16.7 Å². The van der Waals surface area contributed by atoms with Gasteiger partial charge in [-0.3, -0.25) is 15.5 Å². The summed E-state index contributed by atoms with van der Waals surface area (Å²) in [5.41, 5.74) is 11.6. The van der Waals surface area contributed by atoms with Crippen LogP contribution in [0.4, 0.5) is 11.4 Å². The van der Waals surface area contributed by atoms with Crippen LogP contribution in [0.25, 0.3) is 11.1 Å². The van der Waals surface area contributed by atoms with Gasteiger partial charge < -0.3 is 15.0 Å². The largest absolute Gasteiger partial charge is 0.496 e. The number of hydrogen-bond donors (Lipinski definition) is 3. The molecular weight excluding hydrogens is 318 g/mol. The molecule has 3 aromatic rings. The average Bonchev–Trinajstić information content (AvgIpc) is 2.64. The Bertz CT molecular complexity index is 951. The first-order valence-corrected chi connectivity index (χ1v) is 7.74. The number of nitrogens with zero attached hydrogens (tertiary/aromatic N) is 1. The van der Waals surface area contributed by atoms with Crippen LogP contribution in [-0.2, 0) is 6.54 Å². The molecule has 0 atom stereocenters. The number of nitrogens with one attached hydrogen (secondary N) is 1. The van der Waals surface area contributed by atoms with E-state index in [9.17, 15) is 4.79 Å². The summed E-state index contributed by atoms with van der Waals surface area (Å²) in [4.78, 5) is 12.0. The van der Waals surface area contributed by atoms with Crippen molar-refractivity contribution >= 4 is 11.4 Å². The Morgan fingerprint density at radius 1 is 1.16 bits per heavy atom. The van der Waals surface area contributed by atoms with E-state index in [1.165, 1.54) is 6.07 Å². The van der Waals surface area contributed by atoms with Gasteiger partial charge in [-0.1, -0.05) is 18.2 Å². The summed E-state index contributed by atoms with van der Waals surface area (Å²) in [6.07, 6.45) is 1.63. The van der Waals surface area contributed by atoms with Crippen LogP contribution in [0.3, 0.4) is 0 Å². The number of pyridine rings is 1. The number of nitrogen functional groups attached to an aromatic ring is 1. The van der Waals surface area contributed by atoms with Crippen molar-refractivity contribution < 1.29 is 9.94 Å². The third kappa shape index (κ3) is 3.64. The quantitative estimate of drug-likeness (QED) is 0.623. The van der Waals surface area contributed by atoms with Crippen molar-refractivity contribution in [1.29, 1.82) is 0 Å². The number of aromatic nitrogens is 1. The zero-order chi connectivity index (χ0) is 17.8. The van der Waals surface area contributed by atoms with E-state index in [4.69, 9.17) is 15.7 Å². The van der Waals surface area contributed by atoms with Gasteiger partial charge in [0.25, 0.3) is 5.56 Å². The minimum atomic E-state index is -0.113. The Balaban J connectivity index is 2.02. The maximum atomic E-state index is 12.0. The molecule has 0 fully saturated rings. The van der Waals surface area contributed by atoms with E-state index in [0.29, 0.717) is 23.7 Å². The number of methoxy groups -OCH3 is 1. The van der Waals surface area contributed by atoms with Gasteiger partial charge in [0.1, 0.15) is 5.75 Å². The first kappa shape index (κ1) is 16.6. The third-order valence-electron chi connectivity index (χ3n) is 3.93. The summed E-state index contributed by atoms with van der Waals surface area (Å²) in [7, 11) is 1.61. The predicted octanol–water partition coefficient (Wildman–Crippen LogP) is 2.96. The Morgan fingerprint density at radius 3 is 2.76 bits per heavy atom. The van der Waals surface area contributed by atoms with Crippen molar-refractivity contribution in [2.75, 3.05) is 18.3 Å². The molecule has 0 aliphatic carbocycles. The summed E-state index contributed by atoms with van der Waals surface area (Å²) in [6, 6.07) is 16.1. The van der Waals surface area contributed by atoms with Gasteiger partial charge >= 0.3 is 0 Å². The number of hydrogen-bond acceptors (Lipinski definition) is 5. The maximum Gasteiger partial charge on any atom is 0.250 e. The molecule has 3 rings (SSSR count). The fourth-order valence-corrected chi connectivity index (χ4v) is 2.71. The lowest BCUT2D eigenvalue weighted by Crippen LogP contribution is -2.19. The molecule has 6 nitrogen and oxygen atoms in total. The topological polar surface area (TPSA) is 89.5 Å². The van der Waals surface area contributed by atoms with Gasteiger partial charge in [0.2, 0.25) is 0 Å². The van der Waals surface area contributed by atoms with E-state index in [2.05, 4.69) is 5.48 Å². The fourth-order valence-electron chi connectivity index (χ4n) is 2.71. The summed E-state index contributed by atoms with van der Waals surface area (Å²) in [6.45, 7) is 0.402. The number of rotatable bonds is 5. The number of nitrogens with two attached hydrogens (primary N) is 1. The molecule has 0 aliphatic heterocycles. The summed E-state index contributed by atoms with van der Waals surface area (Å²) in [5, 5.41) is 9.11. The van der Waals surface area contributed by atoms with Gasteiger partial charge in [0.05, 0.1) is 19.3 Å². The van der Waals surface area contributed by atoms with E-state index >= 15 is 0 Å². The van der Waals surface area contributed by atoms with Crippen LogP contribution in [0.1, 0.15) is 5.56 Å². The zero-order valence-corrected chi connectivity index (χ0v) is 13.8. The predicted molar refractivity (Wildman–Crippen MR) is 98.1 cm³/mol. The highest BCUT2D eigenvalue weighted by Gasteiger charge is 2.09. The van der Waals surface area contributed by atoms with Gasteiger partial charge in [0, 0.05) is 23.5 Å². The van der Waals surface area contributed by atoms with Crippen LogP contribution >= 0.6 is 0 Å². The van der Waals surface area contributed by atoms with Crippen molar-refractivity contribution in [3.8, 4) is 16.9 Å². The summed E-state index contributed by atoms with van der Waals surface area (Å²) >= 11 is 0. The van der Waals surface area contributed by atoms with Crippen LogP contribution in [-0.4, -0.2) is 16.9 Å². The van der Waals surface area contributed by atoms with Gasteiger partial charge in [-0.25, -0.2) is 0 Å². The smallest absolute Gasteiger partial charge is 0.250 e. The number of benzene rings is 2. The Labute approximate surface area is 145 Å². The standard InChI is InChI=1S/C19H19N3O3/c1-25-18-7-5-13(11-22-12-15(20)6-8-19(22)23)9-17(18)14-3-2-4-16(10-14)21-24/h2-10,12,21,24H,11,20H2,1H3. The lowest BCUT2D eigenvalue weighted by molar-refractivity contribution is 0.389. The van der Waals surface area contributed by atoms with Gasteiger partial charge in [-0.05, 0) is 41.5 Å². The fraction of sp³-hybridized carbons (Fsp3) is 0.105. The normalized spacial score (nSPS) is 10.5. The molecule has 0 saturated carbocycles. The van der Waals surface area contributed by atoms with Gasteiger partial charge in [0.15, 0.2) is 0 Å². The second-order valence-corrected chi connectivity index (χ2v) is 5.66. The van der Waals surface area contributed by atoms with E-state index in [-0.39, 0.29) is 5.56 Å². The molecular formula is C19H19N3O3. The van der Waals surface area contributed by atoms with Crippen molar-refractivity contribution in [3.05, 3.63) is 76.7 Å². The molecule has 0 spiro atoms. The minimum Gasteiger partial charge on any atom is -0.496 e. The Hall–Kier alpha value is -3.25. The van der Waals surface area contributed by atoms with Crippen molar-refractivity contribution in [3.63, 3.8) is 0 Å². The first-order valence-electron chi connectivity index (χ1n) is 7.74. The third-order valence-corrected chi connectivity index (χ3v) is 3.93. The molecule has 0 radical (unpaired) electrons. The lowest BCUT2D eigenvalue weighted by atomic mass is 10.0. The highest BCUT2D eigenvalue weighted by molar-refractivity contribution is 5.74.